The molecule has 106 valence electrons. The topological polar surface area (TPSA) is 37.8 Å². The quantitative estimate of drug-likeness (QED) is 0.749. The van der Waals surface area contributed by atoms with Crippen molar-refractivity contribution in [2.45, 2.75) is 13.3 Å². The smallest absolute Gasteiger partial charge is 0.210 e. The molecule has 0 aliphatic heterocycles. The van der Waals surface area contributed by atoms with Crippen molar-refractivity contribution in [1.29, 1.82) is 0 Å². The van der Waals surface area contributed by atoms with Gasteiger partial charge in [0.2, 0.25) is 5.13 Å². The summed E-state index contributed by atoms with van der Waals surface area (Å²) >= 11 is 7.45. The highest BCUT2D eigenvalue weighted by atomic mass is 35.5. The number of halogens is 1. The second-order valence-electron chi connectivity index (χ2n) is 4.80. The molecule has 0 unspecified atom stereocenters. The van der Waals surface area contributed by atoms with E-state index in [4.69, 9.17) is 11.6 Å². The van der Waals surface area contributed by atoms with Gasteiger partial charge in [-0.15, -0.1) is 10.2 Å². The SMILES string of the molecule is Cc1cccc(Nc2nnc(Cc3ccc(Cl)cc3)s2)c1. The van der Waals surface area contributed by atoms with Gasteiger partial charge in [-0.3, -0.25) is 0 Å². The lowest BCUT2D eigenvalue weighted by Crippen LogP contribution is -1.89. The van der Waals surface area contributed by atoms with Gasteiger partial charge < -0.3 is 5.32 Å². The third kappa shape index (κ3) is 3.80. The number of hydrogen-bond acceptors (Lipinski definition) is 4. The lowest BCUT2D eigenvalue weighted by Gasteiger charge is -2.02. The average molecular weight is 316 g/mol. The van der Waals surface area contributed by atoms with Crippen LogP contribution in [-0.2, 0) is 6.42 Å². The fourth-order valence-corrected chi connectivity index (χ4v) is 2.92. The van der Waals surface area contributed by atoms with Crippen molar-refractivity contribution in [3.05, 3.63) is 69.7 Å². The Balaban J connectivity index is 1.70. The van der Waals surface area contributed by atoms with Crippen molar-refractivity contribution in [2.75, 3.05) is 5.32 Å². The van der Waals surface area contributed by atoms with Crippen LogP contribution in [0.3, 0.4) is 0 Å². The van der Waals surface area contributed by atoms with E-state index in [1.807, 2.05) is 36.4 Å². The Morgan fingerprint density at radius 2 is 1.90 bits per heavy atom. The molecule has 1 aromatic heterocycles. The van der Waals surface area contributed by atoms with E-state index in [9.17, 15) is 0 Å². The van der Waals surface area contributed by atoms with E-state index >= 15 is 0 Å². The van der Waals surface area contributed by atoms with Crippen LogP contribution in [0.5, 0.6) is 0 Å². The Hall–Kier alpha value is -1.91. The molecule has 2 aromatic carbocycles. The maximum Gasteiger partial charge on any atom is 0.210 e. The third-order valence-electron chi connectivity index (χ3n) is 3.00. The second-order valence-corrected chi connectivity index (χ2v) is 6.30. The van der Waals surface area contributed by atoms with Crippen LogP contribution in [0.25, 0.3) is 0 Å². The van der Waals surface area contributed by atoms with Crippen molar-refractivity contribution in [1.82, 2.24) is 10.2 Å². The summed E-state index contributed by atoms with van der Waals surface area (Å²) in [6.07, 6.45) is 0.768. The van der Waals surface area contributed by atoms with Gasteiger partial charge in [-0.25, -0.2) is 0 Å². The van der Waals surface area contributed by atoms with E-state index in [2.05, 4.69) is 34.6 Å². The van der Waals surface area contributed by atoms with Crippen LogP contribution in [-0.4, -0.2) is 10.2 Å². The molecule has 1 N–H and O–H groups in total. The summed E-state index contributed by atoms with van der Waals surface area (Å²) in [7, 11) is 0. The molecule has 5 heteroatoms. The number of rotatable bonds is 4. The first-order chi connectivity index (χ1) is 10.2. The molecule has 0 saturated carbocycles. The standard InChI is InChI=1S/C16H14ClN3S/c1-11-3-2-4-14(9-11)18-16-20-19-15(21-16)10-12-5-7-13(17)8-6-12/h2-9H,10H2,1H3,(H,18,20). The summed E-state index contributed by atoms with van der Waals surface area (Å²) in [6, 6.07) is 16.0. The van der Waals surface area contributed by atoms with Gasteiger partial charge in [0.25, 0.3) is 0 Å². The first-order valence-electron chi connectivity index (χ1n) is 6.59. The monoisotopic (exact) mass is 315 g/mol. The van der Waals surface area contributed by atoms with Crippen LogP contribution < -0.4 is 5.32 Å². The molecule has 3 aromatic rings. The number of hydrogen-bond donors (Lipinski definition) is 1. The van der Waals surface area contributed by atoms with Crippen LogP contribution >= 0.6 is 22.9 Å². The molecule has 0 aliphatic rings. The Bertz CT molecular complexity index is 737. The summed E-state index contributed by atoms with van der Waals surface area (Å²) in [5, 5.41) is 14.2. The summed E-state index contributed by atoms with van der Waals surface area (Å²) in [5.74, 6) is 0. The molecule has 0 amide bonds. The van der Waals surface area contributed by atoms with E-state index in [1.54, 1.807) is 11.3 Å². The Morgan fingerprint density at radius 3 is 2.67 bits per heavy atom. The van der Waals surface area contributed by atoms with E-state index < -0.39 is 0 Å². The Kier molecular flexibility index (Phi) is 4.18. The van der Waals surface area contributed by atoms with Crippen LogP contribution in [0.15, 0.2) is 48.5 Å². The minimum absolute atomic E-state index is 0.748. The number of benzene rings is 2. The minimum atomic E-state index is 0.748. The molecular weight excluding hydrogens is 302 g/mol. The Labute approximate surface area is 132 Å². The van der Waals surface area contributed by atoms with Crippen LogP contribution in [0.1, 0.15) is 16.1 Å². The third-order valence-corrected chi connectivity index (χ3v) is 4.10. The Morgan fingerprint density at radius 1 is 1.10 bits per heavy atom. The van der Waals surface area contributed by atoms with Crippen LogP contribution in [0.4, 0.5) is 10.8 Å². The molecule has 0 fully saturated rings. The summed E-state index contributed by atoms with van der Waals surface area (Å²) in [4.78, 5) is 0. The molecule has 21 heavy (non-hydrogen) atoms. The molecule has 1 heterocycles. The van der Waals surface area contributed by atoms with Gasteiger partial charge in [-0.05, 0) is 42.3 Å². The normalized spacial score (nSPS) is 10.6. The van der Waals surface area contributed by atoms with Crippen molar-refractivity contribution in [2.24, 2.45) is 0 Å². The lowest BCUT2D eigenvalue weighted by molar-refractivity contribution is 1.01. The number of nitrogens with one attached hydrogen (secondary N) is 1. The van der Waals surface area contributed by atoms with Gasteiger partial charge in [0.15, 0.2) is 0 Å². The molecule has 0 radical (unpaired) electrons. The molecule has 3 nitrogen and oxygen atoms in total. The first-order valence-corrected chi connectivity index (χ1v) is 7.79. The minimum Gasteiger partial charge on any atom is -0.330 e. The summed E-state index contributed by atoms with van der Waals surface area (Å²) in [6.45, 7) is 2.07. The highest BCUT2D eigenvalue weighted by Crippen LogP contribution is 2.23. The molecule has 0 atom stereocenters. The molecule has 0 spiro atoms. The van der Waals surface area contributed by atoms with Crippen molar-refractivity contribution < 1.29 is 0 Å². The number of nitrogens with zero attached hydrogens (tertiary/aromatic N) is 2. The van der Waals surface area contributed by atoms with Gasteiger partial charge in [0.05, 0.1) is 0 Å². The van der Waals surface area contributed by atoms with E-state index in [1.165, 1.54) is 11.1 Å². The van der Waals surface area contributed by atoms with Gasteiger partial charge in [-0.2, -0.15) is 0 Å². The zero-order valence-electron chi connectivity index (χ0n) is 11.5. The molecule has 0 aliphatic carbocycles. The second kappa shape index (κ2) is 6.24. The van der Waals surface area contributed by atoms with Crippen molar-refractivity contribution in [3.63, 3.8) is 0 Å². The highest BCUT2D eigenvalue weighted by molar-refractivity contribution is 7.15. The van der Waals surface area contributed by atoms with Gasteiger partial charge in [0, 0.05) is 17.1 Å². The average Bonchev–Trinajstić information content (AvgIpc) is 2.89. The molecule has 3 rings (SSSR count). The first kappa shape index (κ1) is 14.0. The maximum atomic E-state index is 5.89. The highest BCUT2D eigenvalue weighted by Gasteiger charge is 2.05. The lowest BCUT2D eigenvalue weighted by atomic mass is 10.2. The molecular formula is C16H14ClN3S. The zero-order chi connectivity index (χ0) is 14.7. The van der Waals surface area contributed by atoms with Crippen molar-refractivity contribution >= 4 is 33.8 Å². The molecule has 0 saturated heterocycles. The number of aryl methyl sites for hydroxylation is 1. The molecule has 0 bridgehead atoms. The van der Waals surface area contributed by atoms with Gasteiger partial charge in [-0.1, -0.05) is 47.2 Å². The number of aromatic nitrogens is 2. The van der Waals surface area contributed by atoms with Crippen molar-refractivity contribution in [3.8, 4) is 0 Å². The van der Waals surface area contributed by atoms with E-state index in [0.717, 1.165) is 27.3 Å². The fourth-order valence-electron chi connectivity index (χ4n) is 2.00. The predicted molar refractivity (Wildman–Crippen MR) is 88.6 cm³/mol. The van der Waals surface area contributed by atoms with Gasteiger partial charge in [0.1, 0.15) is 5.01 Å². The number of anilines is 2. The van der Waals surface area contributed by atoms with Gasteiger partial charge >= 0.3 is 0 Å². The van der Waals surface area contributed by atoms with Crippen LogP contribution in [0, 0.1) is 6.92 Å². The maximum absolute atomic E-state index is 5.89. The predicted octanol–water partition coefficient (Wildman–Crippen LogP) is 4.83. The summed E-state index contributed by atoms with van der Waals surface area (Å²) < 4.78 is 0. The van der Waals surface area contributed by atoms with E-state index in [0.29, 0.717) is 0 Å². The zero-order valence-corrected chi connectivity index (χ0v) is 13.1. The largest absolute Gasteiger partial charge is 0.330 e. The summed E-state index contributed by atoms with van der Waals surface area (Å²) in [5.41, 5.74) is 3.42. The fraction of sp³-hybridized carbons (Fsp3) is 0.125. The van der Waals surface area contributed by atoms with Crippen LogP contribution in [0.2, 0.25) is 5.02 Å². The van der Waals surface area contributed by atoms with E-state index in [-0.39, 0.29) is 0 Å².